The molecule has 0 saturated carbocycles. The number of rotatable bonds is 12. The number of aryl methyl sites for hydroxylation is 2. The molecule has 0 atom stereocenters. The van der Waals surface area contributed by atoms with Gasteiger partial charge in [-0.3, -0.25) is 9.59 Å². The number of methoxy groups -OCH3 is 2. The Hall–Kier alpha value is -4.40. The first-order valence-electron chi connectivity index (χ1n) is 11.8. The summed E-state index contributed by atoms with van der Waals surface area (Å²) in [5.41, 5.74) is 6.63. The second-order valence-corrected chi connectivity index (χ2v) is 9.26. The summed E-state index contributed by atoms with van der Waals surface area (Å²) in [6.07, 6.45) is 1.46. The second kappa shape index (κ2) is 14.5. The summed E-state index contributed by atoms with van der Waals surface area (Å²) < 4.78 is 16.2. The zero-order chi connectivity index (χ0) is 28.2. The van der Waals surface area contributed by atoms with Crippen LogP contribution in [-0.2, 0) is 20.9 Å². The molecule has 0 unspecified atom stereocenters. The van der Waals surface area contributed by atoms with Crippen molar-refractivity contribution >= 4 is 35.5 Å². The van der Waals surface area contributed by atoms with Crippen LogP contribution < -0.4 is 20.2 Å². The Bertz CT molecular complexity index is 1400. The molecule has 1 heterocycles. The van der Waals surface area contributed by atoms with E-state index in [1.165, 1.54) is 13.3 Å². The molecular formula is C28H29N5O5S. The van der Waals surface area contributed by atoms with E-state index in [4.69, 9.17) is 14.2 Å². The largest absolute Gasteiger partial charge is 0.493 e. The van der Waals surface area contributed by atoms with E-state index in [1.54, 1.807) is 31.4 Å². The number of anilines is 1. The number of hydrogen-bond acceptors (Lipinski definition) is 9. The average molecular weight is 548 g/mol. The van der Waals surface area contributed by atoms with Crippen molar-refractivity contribution in [3.05, 3.63) is 76.5 Å². The Morgan fingerprint density at radius 2 is 1.90 bits per heavy atom. The van der Waals surface area contributed by atoms with Crippen LogP contribution in [0, 0.1) is 25.2 Å². The molecule has 2 aromatic carbocycles. The lowest BCUT2D eigenvalue weighted by Crippen LogP contribution is -2.20. The number of para-hydroxylation sites is 1. The van der Waals surface area contributed by atoms with Gasteiger partial charge in [0.1, 0.15) is 11.1 Å². The summed E-state index contributed by atoms with van der Waals surface area (Å²) in [7, 11) is 3.04. The molecule has 0 radical (unpaired) electrons. The summed E-state index contributed by atoms with van der Waals surface area (Å²) in [4.78, 5) is 29.0. The monoisotopic (exact) mass is 547 g/mol. The molecular weight excluding hydrogens is 518 g/mol. The van der Waals surface area contributed by atoms with Gasteiger partial charge in [0.2, 0.25) is 5.91 Å². The standard InChI is InChI=1S/C28H29N5O5S/c1-18-7-5-6-8-23(18)32-26(34)16-38-24-10-9-20(12-25(24)37-4)14-30-33-27(35)17-39-28-22(13-29)21(15-36-3)11-19(2)31-28/h5-12,14H,15-17H2,1-4H3,(H,32,34)(H,33,35)/b30-14+. The molecule has 1 aromatic heterocycles. The van der Waals surface area contributed by atoms with Crippen molar-refractivity contribution in [1.29, 1.82) is 5.26 Å². The highest BCUT2D eigenvalue weighted by molar-refractivity contribution is 8.00. The van der Waals surface area contributed by atoms with E-state index in [2.05, 4.69) is 26.9 Å². The first-order valence-corrected chi connectivity index (χ1v) is 12.8. The van der Waals surface area contributed by atoms with Crippen LogP contribution in [0.1, 0.15) is 27.9 Å². The van der Waals surface area contributed by atoms with Gasteiger partial charge < -0.3 is 19.5 Å². The molecule has 2 N–H and O–H groups in total. The van der Waals surface area contributed by atoms with Crippen molar-refractivity contribution in [2.75, 3.05) is 31.9 Å². The molecule has 0 aliphatic rings. The number of hydrogen-bond donors (Lipinski definition) is 2. The number of carbonyl (C=O) groups excluding carboxylic acids is 2. The predicted octanol–water partition coefficient (Wildman–Crippen LogP) is 3.99. The van der Waals surface area contributed by atoms with E-state index < -0.39 is 0 Å². The molecule has 0 spiro atoms. The zero-order valence-corrected chi connectivity index (χ0v) is 22.9. The van der Waals surface area contributed by atoms with E-state index in [-0.39, 0.29) is 30.8 Å². The van der Waals surface area contributed by atoms with Crippen LogP contribution in [-0.4, -0.2) is 49.6 Å². The molecule has 2 amide bonds. The molecule has 0 bridgehead atoms. The highest BCUT2D eigenvalue weighted by Crippen LogP contribution is 2.28. The molecule has 3 aromatic rings. The van der Waals surface area contributed by atoms with Gasteiger partial charge in [-0.2, -0.15) is 10.4 Å². The topological polar surface area (TPSA) is 135 Å². The first kappa shape index (κ1) is 29.2. The molecule has 10 nitrogen and oxygen atoms in total. The summed E-state index contributed by atoms with van der Waals surface area (Å²) in [6, 6.07) is 16.5. The molecule has 11 heteroatoms. The van der Waals surface area contributed by atoms with Crippen LogP contribution >= 0.6 is 11.8 Å². The van der Waals surface area contributed by atoms with Gasteiger partial charge in [-0.15, -0.1) is 0 Å². The van der Waals surface area contributed by atoms with Crippen molar-refractivity contribution in [1.82, 2.24) is 10.4 Å². The normalized spacial score (nSPS) is 10.6. The number of aromatic nitrogens is 1. The Balaban J connectivity index is 1.54. The van der Waals surface area contributed by atoms with Gasteiger partial charge in [0.15, 0.2) is 18.1 Å². The van der Waals surface area contributed by atoms with E-state index in [9.17, 15) is 14.9 Å². The number of benzene rings is 2. The fourth-order valence-corrected chi connectivity index (χ4v) is 4.34. The van der Waals surface area contributed by atoms with Crippen LogP contribution in [0.15, 0.2) is 58.7 Å². The quantitative estimate of drug-likeness (QED) is 0.197. The summed E-state index contributed by atoms with van der Waals surface area (Å²) in [5.74, 6) is 0.168. The van der Waals surface area contributed by atoms with Crippen molar-refractivity contribution in [2.45, 2.75) is 25.5 Å². The van der Waals surface area contributed by atoms with Gasteiger partial charge in [0.25, 0.3) is 5.91 Å². The van der Waals surface area contributed by atoms with Gasteiger partial charge in [-0.25, -0.2) is 10.4 Å². The molecule has 202 valence electrons. The van der Waals surface area contributed by atoms with Crippen LogP contribution in [0.2, 0.25) is 0 Å². The Morgan fingerprint density at radius 3 is 2.62 bits per heavy atom. The third kappa shape index (κ3) is 8.56. The maximum absolute atomic E-state index is 12.3. The Labute approximate surface area is 231 Å². The third-order valence-corrected chi connectivity index (χ3v) is 6.29. The number of hydrazone groups is 1. The fourth-order valence-electron chi connectivity index (χ4n) is 3.47. The number of nitriles is 1. The lowest BCUT2D eigenvalue weighted by atomic mass is 10.1. The molecule has 3 rings (SSSR count). The molecule has 0 saturated heterocycles. The minimum absolute atomic E-state index is 0.0234. The smallest absolute Gasteiger partial charge is 0.262 e. The summed E-state index contributed by atoms with van der Waals surface area (Å²) in [5, 5.41) is 16.8. The van der Waals surface area contributed by atoms with Crippen LogP contribution in [0.25, 0.3) is 0 Å². The average Bonchev–Trinajstić information content (AvgIpc) is 2.92. The zero-order valence-electron chi connectivity index (χ0n) is 22.1. The third-order valence-electron chi connectivity index (χ3n) is 5.32. The van der Waals surface area contributed by atoms with E-state index >= 15 is 0 Å². The lowest BCUT2D eigenvalue weighted by Gasteiger charge is -2.12. The molecule has 39 heavy (non-hydrogen) atoms. The molecule has 0 fully saturated rings. The van der Waals surface area contributed by atoms with Gasteiger partial charge >= 0.3 is 0 Å². The number of pyridine rings is 1. The number of nitrogens with one attached hydrogen (secondary N) is 2. The maximum Gasteiger partial charge on any atom is 0.262 e. The highest BCUT2D eigenvalue weighted by Gasteiger charge is 2.14. The lowest BCUT2D eigenvalue weighted by molar-refractivity contribution is -0.119. The van der Waals surface area contributed by atoms with Gasteiger partial charge in [-0.1, -0.05) is 30.0 Å². The fraction of sp³-hybridized carbons (Fsp3) is 0.250. The predicted molar refractivity (Wildman–Crippen MR) is 149 cm³/mol. The summed E-state index contributed by atoms with van der Waals surface area (Å²) >= 11 is 1.15. The van der Waals surface area contributed by atoms with Crippen LogP contribution in [0.5, 0.6) is 11.5 Å². The van der Waals surface area contributed by atoms with Crippen LogP contribution in [0.3, 0.4) is 0 Å². The van der Waals surface area contributed by atoms with E-state index in [0.29, 0.717) is 27.7 Å². The first-order chi connectivity index (χ1) is 18.8. The minimum atomic E-state index is -0.358. The second-order valence-electron chi connectivity index (χ2n) is 8.29. The highest BCUT2D eigenvalue weighted by atomic mass is 32.2. The van der Waals surface area contributed by atoms with Crippen molar-refractivity contribution < 1.29 is 23.8 Å². The minimum Gasteiger partial charge on any atom is -0.493 e. The number of thioether (sulfide) groups is 1. The number of amides is 2. The van der Waals surface area contributed by atoms with Gasteiger partial charge in [0.05, 0.1) is 31.2 Å². The summed E-state index contributed by atoms with van der Waals surface area (Å²) in [6.45, 7) is 3.82. The van der Waals surface area contributed by atoms with E-state index in [0.717, 1.165) is 34.3 Å². The Kier molecular flexibility index (Phi) is 10.9. The van der Waals surface area contributed by atoms with Gasteiger partial charge in [-0.05, 0) is 60.9 Å². The Morgan fingerprint density at radius 1 is 1.10 bits per heavy atom. The molecule has 0 aliphatic carbocycles. The van der Waals surface area contributed by atoms with Gasteiger partial charge in [0, 0.05) is 18.5 Å². The van der Waals surface area contributed by atoms with Crippen molar-refractivity contribution in [3.8, 4) is 17.6 Å². The van der Waals surface area contributed by atoms with Crippen molar-refractivity contribution in [3.63, 3.8) is 0 Å². The number of carbonyl (C=O) groups is 2. The number of ether oxygens (including phenoxy) is 3. The maximum atomic E-state index is 12.3. The van der Waals surface area contributed by atoms with E-state index in [1.807, 2.05) is 38.1 Å². The van der Waals surface area contributed by atoms with Crippen molar-refractivity contribution in [2.24, 2.45) is 5.10 Å². The SMILES string of the molecule is COCc1cc(C)nc(SCC(=O)N/N=C/c2ccc(OCC(=O)Nc3ccccc3C)c(OC)c2)c1C#N. The number of nitrogens with zero attached hydrogens (tertiary/aromatic N) is 3. The molecule has 0 aliphatic heterocycles. The van der Waals surface area contributed by atoms with Crippen LogP contribution in [0.4, 0.5) is 5.69 Å².